The van der Waals surface area contributed by atoms with Gasteiger partial charge in [0.25, 0.3) is 5.91 Å². The van der Waals surface area contributed by atoms with Gasteiger partial charge in [-0.25, -0.2) is 0 Å². The second-order valence-electron chi connectivity index (χ2n) is 7.60. The third-order valence-electron chi connectivity index (χ3n) is 5.28. The molecule has 2 aromatic rings. The van der Waals surface area contributed by atoms with Gasteiger partial charge in [-0.2, -0.15) is 0 Å². The normalized spacial score (nSPS) is 15.5. The molecular formula is C21H27Cl2N5O2S. The predicted molar refractivity (Wildman–Crippen MR) is 124 cm³/mol. The lowest BCUT2D eigenvalue weighted by Crippen LogP contribution is -2.37. The van der Waals surface area contributed by atoms with E-state index in [1.807, 2.05) is 18.4 Å². The van der Waals surface area contributed by atoms with E-state index in [4.69, 9.17) is 23.2 Å². The maximum Gasteiger partial charge on any atom is 0.251 e. The molecule has 3 rings (SSSR count). The standard InChI is InChI=1S/C21H27Cl2N5O2S/c1-3-28-19(13(2)24-20(30)14-9-10-16(22)17(23)11-14)26-27-21(28)31-12-18(29)25-15-7-5-4-6-8-15/h9-11,13,15H,3-8,12H2,1-2H3,(H,24,30)(H,25,29)/t13-/m1/s1. The number of carbonyl (C=O) groups is 2. The number of nitrogens with zero attached hydrogens (tertiary/aromatic N) is 3. The zero-order valence-electron chi connectivity index (χ0n) is 17.7. The number of benzene rings is 1. The Morgan fingerprint density at radius 1 is 1.19 bits per heavy atom. The number of rotatable bonds is 8. The van der Waals surface area contributed by atoms with E-state index in [2.05, 4.69) is 20.8 Å². The van der Waals surface area contributed by atoms with Crippen molar-refractivity contribution in [3.8, 4) is 0 Å². The number of halogens is 2. The van der Waals surface area contributed by atoms with Crippen LogP contribution in [0.15, 0.2) is 23.4 Å². The summed E-state index contributed by atoms with van der Waals surface area (Å²) < 4.78 is 1.92. The van der Waals surface area contributed by atoms with Crippen LogP contribution in [0.4, 0.5) is 0 Å². The first-order valence-electron chi connectivity index (χ1n) is 10.5. The molecule has 10 heteroatoms. The maximum absolute atomic E-state index is 12.6. The number of nitrogens with one attached hydrogen (secondary N) is 2. The van der Waals surface area contributed by atoms with Gasteiger partial charge in [-0.15, -0.1) is 10.2 Å². The van der Waals surface area contributed by atoms with Crippen molar-refractivity contribution in [3.05, 3.63) is 39.6 Å². The number of hydrogen-bond acceptors (Lipinski definition) is 5. The molecule has 1 heterocycles. The lowest BCUT2D eigenvalue weighted by molar-refractivity contribution is -0.119. The summed E-state index contributed by atoms with van der Waals surface area (Å²) in [6.45, 7) is 4.45. The lowest BCUT2D eigenvalue weighted by Gasteiger charge is -2.22. The van der Waals surface area contributed by atoms with Crippen molar-refractivity contribution in [2.75, 3.05) is 5.75 Å². The zero-order valence-corrected chi connectivity index (χ0v) is 20.0. The van der Waals surface area contributed by atoms with E-state index >= 15 is 0 Å². The van der Waals surface area contributed by atoms with E-state index in [9.17, 15) is 9.59 Å². The molecule has 1 aliphatic carbocycles. The highest BCUT2D eigenvalue weighted by atomic mass is 35.5. The van der Waals surface area contributed by atoms with Gasteiger partial charge in [0.15, 0.2) is 11.0 Å². The van der Waals surface area contributed by atoms with E-state index < -0.39 is 0 Å². The van der Waals surface area contributed by atoms with Gasteiger partial charge < -0.3 is 15.2 Å². The summed E-state index contributed by atoms with van der Waals surface area (Å²) in [5, 5.41) is 15.9. The third kappa shape index (κ3) is 6.37. The highest BCUT2D eigenvalue weighted by Gasteiger charge is 2.21. The highest BCUT2D eigenvalue weighted by molar-refractivity contribution is 7.99. The Balaban J connectivity index is 1.59. The Bertz CT molecular complexity index is 930. The van der Waals surface area contributed by atoms with Gasteiger partial charge in [-0.1, -0.05) is 54.2 Å². The fourth-order valence-corrected chi connectivity index (χ4v) is 4.77. The SMILES string of the molecule is CCn1c(SCC(=O)NC2CCCCC2)nnc1[C@@H](C)NC(=O)c1ccc(Cl)c(Cl)c1. The first kappa shape index (κ1) is 23.9. The molecule has 7 nitrogen and oxygen atoms in total. The molecule has 0 bridgehead atoms. The van der Waals surface area contributed by atoms with Crippen molar-refractivity contribution in [2.24, 2.45) is 0 Å². The van der Waals surface area contributed by atoms with E-state index in [-0.39, 0.29) is 23.9 Å². The fraction of sp³-hybridized carbons (Fsp3) is 0.524. The minimum atomic E-state index is -0.375. The van der Waals surface area contributed by atoms with Crippen molar-refractivity contribution < 1.29 is 9.59 Å². The smallest absolute Gasteiger partial charge is 0.251 e. The van der Waals surface area contributed by atoms with Crippen molar-refractivity contribution in [3.63, 3.8) is 0 Å². The van der Waals surface area contributed by atoms with E-state index in [1.54, 1.807) is 12.1 Å². The fourth-order valence-electron chi connectivity index (χ4n) is 3.65. The molecule has 0 unspecified atom stereocenters. The quantitative estimate of drug-likeness (QED) is 0.533. The number of thioether (sulfide) groups is 1. The summed E-state index contributed by atoms with van der Waals surface area (Å²) in [5.74, 6) is 0.660. The molecule has 0 spiro atoms. The Labute approximate surface area is 196 Å². The molecule has 1 aromatic heterocycles. The lowest BCUT2D eigenvalue weighted by atomic mass is 9.95. The molecule has 1 atom stereocenters. The molecule has 1 aliphatic rings. The molecule has 2 N–H and O–H groups in total. The largest absolute Gasteiger partial charge is 0.353 e. The van der Waals surface area contributed by atoms with Gasteiger partial charge in [0.2, 0.25) is 5.91 Å². The van der Waals surface area contributed by atoms with Crippen LogP contribution in [-0.2, 0) is 11.3 Å². The van der Waals surface area contributed by atoms with Crippen LogP contribution in [0.2, 0.25) is 10.0 Å². The summed E-state index contributed by atoms with van der Waals surface area (Å²) in [6, 6.07) is 4.65. The summed E-state index contributed by atoms with van der Waals surface area (Å²) in [4.78, 5) is 24.9. The summed E-state index contributed by atoms with van der Waals surface area (Å²) in [5.41, 5.74) is 0.415. The molecule has 1 saturated carbocycles. The monoisotopic (exact) mass is 483 g/mol. The Kier molecular flexibility index (Phi) is 8.63. The molecule has 168 valence electrons. The second kappa shape index (κ2) is 11.2. The summed E-state index contributed by atoms with van der Waals surface area (Å²) in [6.07, 6.45) is 5.72. The number of aromatic nitrogens is 3. The van der Waals surface area contributed by atoms with Gasteiger partial charge in [0.1, 0.15) is 0 Å². The third-order valence-corrected chi connectivity index (χ3v) is 6.99. The van der Waals surface area contributed by atoms with Crippen molar-refractivity contribution >= 4 is 46.8 Å². The van der Waals surface area contributed by atoms with Crippen LogP contribution in [0, 0.1) is 0 Å². The Hall–Kier alpha value is -1.77. The zero-order chi connectivity index (χ0) is 22.4. The van der Waals surface area contributed by atoms with Crippen LogP contribution in [0.3, 0.4) is 0 Å². The van der Waals surface area contributed by atoms with Crippen molar-refractivity contribution in [2.45, 2.75) is 69.7 Å². The van der Waals surface area contributed by atoms with Gasteiger partial charge in [0, 0.05) is 18.2 Å². The molecular weight excluding hydrogens is 457 g/mol. The van der Waals surface area contributed by atoms with Gasteiger partial charge >= 0.3 is 0 Å². The minimum Gasteiger partial charge on any atom is -0.353 e. The van der Waals surface area contributed by atoms with Crippen LogP contribution < -0.4 is 10.6 Å². The number of carbonyl (C=O) groups excluding carboxylic acids is 2. The summed E-state index contributed by atoms with van der Waals surface area (Å²) >= 11 is 13.3. The molecule has 1 fully saturated rings. The Morgan fingerprint density at radius 3 is 2.61 bits per heavy atom. The number of amides is 2. The topological polar surface area (TPSA) is 88.9 Å². The van der Waals surface area contributed by atoms with Crippen LogP contribution in [0.1, 0.15) is 68.2 Å². The predicted octanol–water partition coefficient (Wildman–Crippen LogP) is 4.64. The van der Waals surface area contributed by atoms with Crippen molar-refractivity contribution in [1.82, 2.24) is 25.4 Å². The van der Waals surface area contributed by atoms with Crippen LogP contribution in [-0.4, -0.2) is 38.4 Å². The molecule has 1 aromatic carbocycles. The first-order valence-corrected chi connectivity index (χ1v) is 12.2. The number of hydrogen-bond donors (Lipinski definition) is 2. The maximum atomic E-state index is 12.6. The average Bonchev–Trinajstić information content (AvgIpc) is 3.18. The molecule has 2 amide bonds. The molecule has 0 saturated heterocycles. The van der Waals surface area contributed by atoms with Gasteiger partial charge in [-0.05, 0) is 44.9 Å². The second-order valence-corrected chi connectivity index (χ2v) is 9.36. The molecule has 0 aliphatic heterocycles. The van der Waals surface area contributed by atoms with Gasteiger partial charge in [0.05, 0.1) is 21.8 Å². The van der Waals surface area contributed by atoms with E-state index in [0.29, 0.717) is 38.9 Å². The Morgan fingerprint density at radius 2 is 1.94 bits per heavy atom. The molecule has 31 heavy (non-hydrogen) atoms. The van der Waals surface area contributed by atoms with Crippen LogP contribution >= 0.6 is 35.0 Å². The van der Waals surface area contributed by atoms with E-state index in [0.717, 1.165) is 12.8 Å². The molecule has 0 radical (unpaired) electrons. The van der Waals surface area contributed by atoms with Gasteiger partial charge in [-0.3, -0.25) is 9.59 Å². The average molecular weight is 484 g/mol. The summed E-state index contributed by atoms with van der Waals surface area (Å²) in [7, 11) is 0. The van der Waals surface area contributed by atoms with E-state index in [1.165, 1.54) is 37.1 Å². The minimum absolute atomic E-state index is 0.0186. The first-order chi connectivity index (χ1) is 14.9. The highest BCUT2D eigenvalue weighted by Crippen LogP contribution is 2.24. The van der Waals surface area contributed by atoms with Crippen LogP contribution in [0.25, 0.3) is 0 Å². The van der Waals surface area contributed by atoms with Crippen LogP contribution in [0.5, 0.6) is 0 Å². The van der Waals surface area contributed by atoms with Crippen molar-refractivity contribution in [1.29, 1.82) is 0 Å².